The maximum absolute atomic E-state index is 10.7. The molecule has 2 aromatic carbocycles. The number of hydrogen-bond donors (Lipinski definition) is 0. The van der Waals surface area contributed by atoms with Gasteiger partial charge < -0.3 is 4.74 Å². The summed E-state index contributed by atoms with van der Waals surface area (Å²) in [6, 6.07) is 12.1. The van der Waals surface area contributed by atoms with E-state index >= 15 is 0 Å². The topological polar surface area (TPSA) is 52.4 Å². The Hall–Kier alpha value is -1.40. The second-order valence-corrected chi connectivity index (χ2v) is 5.46. The summed E-state index contributed by atoms with van der Waals surface area (Å²) in [5.74, 6) is 0.449. The van der Waals surface area contributed by atoms with Crippen LogP contribution in [0.4, 0.5) is 5.69 Å². The Morgan fingerprint density at radius 2 is 1.84 bits per heavy atom. The van der Waals surface area contributed by atoms with Gasteiger partial charge in [0.2, 0.25) is 0 Å². The normalized spacial score (nSPS) is 10.2. The first-order valence-corrected chi connectivity index (χ1v) is 6.96. The molecule has 0 aliphatic rings. The Balaban J connectivity index is 2.17. The SMILES string of the molecule is O=[N+]([O-])c1ccc(Br)c(OCc2ccccc2Br)c1. The fourth-order valence-electron chi connectivity index (χ4n) is 1.49. The van der Waals surface area contributed by atoms with E-state index in [1.807, 2.05) is 24.3 Å². The molecule has 0 aliphatic carbocycles. The van der Waals surface area contributed by atoms with Crippen LogP contribution in [-0.2, 0) is 6.61 Å². The third kappa shape index (κ3) is 3.54. The number of benzene rings is 2. The van der Waals surface area contributed by atoms with Crippen molar-refractivity contribution in [1.29, 1.82) is 0 Å². The van der Waals surface area contributed by atoms with E-state index in [1.165, 1.54) is 12.1 Å². The Morgan fingerprint density at radius 1 is 1.11 bits per heavy atom. The maximum atomic E-state index is 10.7. The van der Waals surface area contributed by atoms with Gasteiger partial charge in [0.05, 0.1) is 15.5 Å². The molecule has 2 rings (SSSR count). The molecule has 0 spiro atoms. The van der Waals surface area contributed by atoms with Gasteiger partial charge in [-0.05, 0) is 28.1 Å². The summed E-state index contributed by atoms with van der Waals surface area (Å²) < 4.78 is 7.24. The van der Waals surface area contributed by atoms with Gasteiger partial charge >= 0.3 is 0 Å². The van der Waals surface area contributed by atoms with Crippen LogP contribution in [0.5, 0.6) is 5.75 Å². The molecule has 0 saturated carbocycles. The monoisotopic (exact) mass is 385 g/mol. The number of non-ortho nitro benzene ring substituents is 1. The van der Waals surface area contributed by atoms with Crippen molar-refractivity contribution in [3.8, 4) is 5.75 Å². The molecule has 98 valence electrons. The lowest BCUT2D eigenvalue weighted by Gasteiger charge is -2.09. The minimum atomic E-state index is -0.447. The molecule has 4 nitrogen and oxygen atoms in total. The smallest absolute Gasteiger partial charge is 0.273 e. The van der Waals surface area contributed by atoms with Gasteiger partial charge in [-0.1, -0.05) is 34.1 Å². The van der Waals surface area contributed by atoms with Gasteiger partial charge in [0.15, 0.2) is 0 Å². The maximum Gasteiger partial charge on any atom is 0.273 e. The van der Waals surface area contributed by atoms with Crippen LogP contribution in [0.25, 0.3) is 0 Å². The van der Waals surface area contributed by atoms with Crippen LogP contribution < -0.4 is 4.74 Å². The van der Waals surface area contributed by atoms with E-state index in [9.17, 15) is 10.1 Å². The van der Waals surface area contributed by atoms with Gasteiger partial charge in [-0.2, -0.15) is 0 Å². The molecule has 19 heavy (non-hydrogen) atoms. The molecule has 0 aliphatic heterocycles. The average Bonchev–Trinajstić information content (AvgIpc) is 2.39. The summed E-state index contributed by atoms with van der Waals surface area (Å²) in [6.45, 7) is 0.335. The molecule has 0 radical (unpaired) electrons. The molecule has 0 unspecified atom stereocenters. The number of nitrogens with zero attached hydrogens (tertiary/aromatic N) is 1. The fraction of sp³-hybridized carbons (Fsp3) is 0.0769. The minimum Gasteiger partial charge on any atom is -0.487 e. The number of nitro benzene ring substituents is 1. The second-order valence-electron chi connectivity index (χ2n) is 3.75. The summed E-state index contributed by atoms with van der Waals surface area (Å²) in [5.41, 5.74) is 0.978. The molecule has 6 heteroatoms. The van der Waals surface area contributed by atoms with Crippen LogP contribution in [0.3, 0.4) is 0 Å². The zero-order valence-corrected chi connectivity index (χ0v) is 12.8. The molecule has 0 atom stereocenters. The third-order valence-electron chi connectivity index (χ3n) is 2.47. The first-order chi connectivity index (χ1) is 9.08. The first-order valence-electron chi connectivity index (χ1n) is 5.38. The van der Waals surface area contributed by atoms with Crippen molar-refractivity contribution >= 4 is 37.5 Å². The molecular formula is C13H9Br2NO3. The van der Waals surface area contributed by atoms with Gasteiger partial charge in [-0.15, -0.1) is 0 Å². The van der Waals surface area contributed by atoms with E-state index in [0.717, 1.165) is 10.0 Å². The van der Waals surface area contributed by atoms with Crippen LogP contribution in [0.15, 0.2) is 51.4 Å². The summed E-state index contributed by atoms with van der Waals surface area (Å²) in [5, 5.41) is 10.7. The van der Waals surface area contributed by atoms with Crippen LogP contribution in [0.2, 0.25) is 0 Å². The predicted molar refractivity (Wildman–Crippen MR) is 79.3 cm³/mol. The Bertz CT molecular complexity index is 617. The van der Waals surface area contributed by atoms with Crippen molar-refractivity contribution in [1.82, 2.24) is 0 Å². The van der Waals surface area contributed by atoms with E-state index in [0.29, 0.717) is 16.8 Å². The van der Waals surface area contributed by atoms with E-state index < -0.39 is 4.92 Å². The number of rotatable bonds is 4. The van der Waals surface area contributed by atoms with Gasteiger partial charge in [-0.3, -0.25) is 10.1 Å². The van der Waals surface area contributed by atoms with Gasteiger partial charge in [0.1, 0.15) is 12.4 Å². The number of ether oxygens (including phenoxy) is 1. The highest BCUT2D eigenvalue weighted by Crippen LogP contribution is 2.30. The van der Waals surface area contributed by atoms with E-state index in [1.54, 1.807) is 6.07 Å². The molecule has 0 aromatic heterocycles. The number of hydrogen-bond acceptors (Lipinski definition) is 3. The zero-order chi connectivity index (χ0) is 13.8. The second kappa shape index (κ2) is 6.16. The predicted octanol–water partition coefficient (Wildman–Crippen LogP) is 4.70. The third-order valence-corrected chi connectivity index (χ3v) is 3.90. The molecule has 0 heterocycles. The highest BCUT2D eigenvalue weighted by Gasteiger charge is 2.11. The average molecular weight is 387 g/mol. The van der Waals surface area contributed by atoms with Crippen LogP contribution in [0.1, 0.15) is 5.56 Å². The number of halogens is 2. The summed E-state index contributed by atoms with van der Waals surface area (Å²) in [4.78, 5) is 10.3. The Labute approximate surface area is 126 Å². The van der Waals surface area contributed by atoms with Gasteiger partial charge in [0.25, 0.3) is 5.69 Å². The highest BCUT2D eigenvalue weighted by atomic mass is 79.9. The molecule has 0 saturated heterocycles. The lowest BCUT2D eigenvalue weighted by Crippen LogP contribution is -1.98. The fourth-order valence-corrected chi connectivity index (χ4v) is 2.25. The molecular weight excluding hydrogens is 378 g/mol. The number of nitro groups is 1. The molecule has 0 fully saturated rings. The van der Waals surface area contributed by atoms with E-state index in [-0.39, 0.29) is 5.69 Å². The summed E-state index contributed by atoms with van der Waals surface area (Å²) in [7, 11) is 0. The van der Waals surface area contributed by atoms with Crippen molar-refractivity contribution < 1.29 is 9.66 Å². The quantitative estimate of drug-likeness (QED) is 0.565. The van der Waals surface area contributed by atoms with E-state index in [4.69, 9.17) is 4.74 Å². The van der Waals surface area contributed by atoms with Crippen molar-refractivity contribution in [2.75, 3.05) is 0 Å². The van der Waals surface area contributed by atoms with Crippen LogP contribution >= 0.6 is 31.9 Å². The van der Waals surface area contributed by atoms with Gasteiger partial charge in [-0.25, -0.2) is 0 Å². The standard InChI is InChI=1S/C13H9Br2NO3/c14-11-4-2-1-3-9(11)8-19-13-7-10(16(17)18)5-6-12(13)15/h1-7H,8H2. The van der Waals surface area contributed by atoms with Crippen molar-refractivity contribution in [2.45, 2.75) is 6.61 Å². The summed E-state index contributed by atoms with van der Waals surface area (Å²) >= 11 is 6.74. The van der Waals surface area contributed by atoms with Crippen LogP contribution in [0, 0.1) is 10.1 Å². The van der Waals surface area contributed by atoms with Crippen molar-refractivity contribution in [3.05, 3.63) is 67.1 Å². The molecule has 2 aromatic rings. The Kier molecular flexibility index (Phi) is 4.55. The molecule has 0 N–H and O–H groups in total. The summed E-state index contributed by atoms with van der Waals surface area (Å²) in [6.07, 6.45) is 0. The molecule has 0 bridgehead atoms. The van der Waals surface area contributed by atoms with Crippen molar-refractivity contribution in [2.24, 2.45) is 0 Å². The first kappa shape index (κ1) is 14.0. The highest BCUT2D eigenvalue weighted by molar-refractivity contribution is 9.10. The van der Waals surface area contributed by atoms with E-state index in [2.05, 4.69) is 31.9 Å². The Morgan fingerprint density at radius 3 is 2.53 bits per heavy atom. The molecule has 0 amide bonds. The van der Waals surface area contributed by atoms with Crippen molar-refractivity contribution in [3.63, 3.8) is 0 Å². The minimum absolute atomic E-state index is 0.00493. The largest absolute Gasteiger partial charge is 0.487 e. The van der Waals surface area contributed by atoms with Crippen LogP contribution in [-0.4, -0.2) is 4.92 Å². The lowest BCUT2D eigenvalue weighted by atomic mass is 10.2. The zero-order valence-electron chi connectivity index (χ0n) is 9.68. The lowest BCUT2D eigenvalue weighted by molar-refractivity contribution is -0.385. The van der Waals surface area contributed by atoms with Gasteiger partial charge in [0, 0.05) is 16.1 Å².